The lowest BCUT2D eigenvalue weighted by molar-refractivity contribution is 0.289. The summed E-state index contributed by atoms with van der Waals surface area (Å²) >= 11 is 5.11. The second-order valence-corrected chi connectivity index (χ2v) is 5.01. The van der Waals surface area contributed by atoms with Crippen molar-refractivity contribution >= 4 is 27.7 Å². The molecule has 1 N–H and O–H groups in total. The van der Waals surface area contributed by atoms with Crippen LogP contribution in [0.4, 0.5) is 0 Å². The van der Waals surface area contributed by atoms with Gasteiger partial charge in [0.25, 0.3) is 0 Å². The second kappa shape index (κ2) is 5.62. The Labute approximate surface area is 90.9 Å². The molecule has 0 aliphatic rings. The molecular weight excluding hydrogens is 250 g/mol. The highest BCUT2D eigenvalue weighted by atomic mass is 79.9. The zero-order valence-corrected chi connectivity index (χ0v) is 9.81. The van der Waals surface area contributed by atoms with Gasteiger partial charge in [0.05, 0.1) is 0 Å². The maximum absolute atomic E-state index is 8.74. The van der Waals surface area contributed by atoms with Crippen molar-refractivity contribution in [2.45, 2.75) is 23.6 Å². The fourth-order valence-corrected chi connectivity index (χ4v) is 2.33. The molecule has 1 aromatic rings. The largest absolute Gasteiger partial charge is 0.396 e. The van der Waals surface area contributed by atoms with E-state index in [1.807, 2.05) is 12.1 Å². The standard InChI is InChI=1S/C9H12BrNOS/c1-7(4-6-12)13-9-8(10)3-2-5-11-9/h2-3,5,7,12H,4,6H2,1H3. The molecule has 0 fully saturated rings. The Bertz CT molecular complexity index is 270. The molecule has 0 aliphatic carbocycles. The summed E-state index contributed by atoms with van der Waals surface area (Å²) in [5.74, 6) is 0. The van der Waals surface area contributed by atoms with Crippen molar-refractivity contribution in [1.29, 1.82) is 0 Å². The van der Waals surface area contributed by atoms with Gasteiger partial charge in [0.2, 0.25) is 0 Å². The Morgan fingerprint density at radius 2 is 2.46 bits per heavy atom. The Morgan fingerprint density at radius 3 is 3.08 bits per heavy atom. The highest BCUT2D eigenvalue weighted by Gasteiger charge is 2.07. The number of thioether (sulfide) groups is 1. The molecule has 1 aromatic heterocycles. The van der Waals surface area contributed by atoms with Crippen LogP contribution >= 0.6 is 27.7 Å². The van der Waals surface area contributed by atoms with Gasteiger partial charge in [-0.25, -0.2) is 4.98 Å². The van der Waals surface area contributed by atoms with Crippen molar-refractivity contribution in [3.8, 4) is 0 Å². The first-order valence-corrected chi connectivity index (χ1v) is 5.79. The number of aliphatic hydroxyl groups excluding tert-OH is 1. The van der Waals surface area contributed by atoms with Crippen LogP contribution in [0.5, 0.6) is 0 Å². The van der Waals surface area contributed by atoms with E-state index in [2.05, 4.69) is 27.8 Å². The van der Waals surface area contributed by atoms with Gasteiger partial charge in [-0.1, -0.05) is 6.92 Å². The van der Waals surface area contributed by atoms with Gasteiger partial charge in [0.15, 0.2) is 0 Å². The molecule has 72 valence electrons. The number of hydrogen-bond acceptors (Lipinski definition) is 3. The Morgan fingerprint density at radius 1 is 1.69 bits per heavy atom. The summed E-state index contributed by atoms with van der Waals surface area (Å²) in [6.45, 7) is 2.32. The third kappa shape index (κ3) is 3.67. The van der Waals surface area contributed by atoms with E-state index in [0.717, 1.165) is 15.9 Å². The molecule has 0 saturated carbocycles. The van der Waals surface area contributed by atoms with E-state index in [4.69, 9.17) is 5.11 Å². The Kier molecular flexibility index (Phi) is 4.77. The van der Waals surface area contributed by atoms with Gasteiger partial charge >= 0.3 is 0 Å². The average Bonchev–Trinajstić information content (AvgIpc) is 2.09. The molecule has 2 nitrogen and oxygen atoms in total. The van der Waals surface area contributed by atoms with Crippen LogP contribution in [0, 0.1) is 0 Å². The second-order valence-electron chi connectivity index (χ2n) is 2.73. The average molecular weight is 262 g/mol. The molecule has 4 heteroatoms. The van der Waals surface area contributed by atoms with Crippen LogP contribution in [0.25, 0.3) is 0 Å². The third-order valence-corrected chi connectivity index (χ3v) is 3.66. The molecule has 0 spiro atoms. The molecule has 1 atom stereocenters. The predicted molar refractivity (Wildman–Crippen MR) is 59.0 cm³/mol. The smallest absolute Gasteiger partial charge is 0.110 e. The Hall–Kier alpha value is -0.0600. The molecule has 1 heterocycles. The SMILES string of the molecule is CC(CCO)Sc1ncccc1Br. The van der Waals surface area contributed by atoms with Gasteiger partial charge in [-0.3, -0.25) is 0 Å². The minimum atomic E-state index is 0.235. The summed E-state index contributed by atoms with van der Waals surface area (Å²) in [5.41, 5.74) is 0. The van der Waals surface area contributed by atoms with Crippen molar-refractivity contribution in [3.05, 3.63) is 22.8 Å². The minimum absolute atomic E-state index is 0.235. The van der Waals surface area contributed by atoms with Gasteiger partial charge in [-0.15, -0.1) is 11.8 Å². The van der Waals surface area contributed by atoms with E-state index in [0.29, 0.717) is 5.25 Å². The highest BCUT2D eigenvalue weighted by molar-refractivity contribution is 9.10. The van der Waals surface area contributed by atoms with E-state index in [1.54, 1.807) is 18.0 Å². The number of aliphatic hydroxyl groups is 1. The van der Waals surface area contributed by atoms with Crippen molar-refractivity contribution in [2.24, 2.45) is 0 Å². The summed E-state index contributed by atoms with van der Waals surface area (Å²) in [5, 5.41) is 10.1. The summed E-state index contributed by atoms with van der Waals surface area (Å²) in [4.78, 5) is 4.23. The topological polar surface area (TPSA) is 33.1 Å². The third-order valence-electron chi connectivity index (χ3n) is 1.57. The minimum Gasteiger partial charge on any atom is -0.396 e. The first-order valence-electron chi connectivity index (χ1n) is 4.12. The summed E-state index contributed by atoms with van der Waals surface area (Å²) in [7, 11) is 0. The number of hydrogen-bond donors (Lipinski definition) is 1. The number of nitrogens with zero attached hydrogens (tertiary/aromatic N) is 1. The molecule has 0 amide bonds. The van der Waals surface area contributed by atoms with Crippen LogP contribution in [0.3, 0.4) is 0 Å². The van der Waals surface area contributed by atoms with E-state index in [1.165, 1.54) is 0 Å². The first kappa shape index (κ1) is 11.0. The fraction of sp³-hybridized carbons (Fsp3) is 0.444. The van der Waals surface area contributed by atoms with Crippen LogP contribution < -0.4 is 0 Å². The highest BCUT2D eigenvalue weighted by Crippen LogP contribution is 2.29. The number of halogens is 1. The van der Waals surface area contributed by atoms with E-state index in [9.17, 15) is 0 Å². The lowest BCUT2D eigenvalue weighted by Gasteiger charge is -2.09. The van der Waals surface area contributed by atoms with Gasteiger partial charge in [0.1, 0.15) is 5.03 Å². The van der Waals surface area contributed by atoms with E-state index < -0.39 is 0 Å². The van der Waals surface area contributed by atoms with Gasteiger partial charge in [-0.05, 0) is 34.5 Å². The maximum Gasteiger partial charge on any atom is 0.110 e. The molecule has 1 rings (SSSR count). The van der Waals surface area contributed by atoms with E-state index in [-0.39, 0.29) is 6.61 Å². The molecule has 0 saturated heterocycles. The molecule has 0 aromatic carbocycles. The summed E-state index contributed by atoms with van der Waals surface area (Å²) in [6.07, 6.45) is 2.58. The van der Waals surface area contributed by atoms with Gasteiger partial charge in [-0.2, -0.15) is 0 Å². The quantitative estimate of drug-likeness (QED) is 0.847. The molecule has 0 bridgehead atoms. The van der Waals surface area contributed by atoms with Crippen LogP contribution in [-0.2, 0) is 0 Å². The summed E-state index contributed by atoms with van der Waals surface area (Å²) < 4.78 is 1.02. The zero-order valence-electron chi connectivity index (χ0n) is 7.40. The number of rotatable bonds is 4. The first-order chi connectivity index (χ1) is 6.24. The zero-order chi connectivity index (χ0) is 9.68. The molecule has 0 radical (unpaired) electrons. The lowest BCUT2D eigenvalue weighted by atomic mass is 10.3. The van der Waals surface area contributed by atoms with Crippen molar-refractivity contribution in [3.63, 3.8) is 0 Å². The summed E-state index contributed by atoms with van der Waals surface area (Å²) in [6, 6.07) is 3.87. The lowest BCUT2D eigenvalue weighted by Crippen LogP contribution is -1.99. The molecule has 0 aliphatic heterocycles. The van der Waals surface area contributed by atoms with Crippen molar-refractivity contribution in [2.75, 3.05) is 6.61 Å². The normalized spacial score (nSPS) is 12.8. The number of pyridine rings is 1. The monoisotopic (exact) mass is 261 g/mol. The van der Waals surface area contributed by atoms with Crippen molar-refractivity contribution in [1.82, 2.24) is 4.98 Å². The predicted octanol–water partition coefficient (Wildman–Crippen LogP) is 2.71. The molecular formula is C9H12BrNOS. The fourth-order valence-electron chi connectivity index (χ4n) is 0.889. The van der Waals surface area contributed by atoms with Crippen LogP contribution in [0.1, 0.15) is 13.3 Å². The Balaban J connectivity index is 2.58. The number of aromatic nitrogens is 1. The molecule has 13 heavy (non-hydrogen) atoms. The van der Waals surface area contributed by atoms with Crippen molar-refractivity contribution < 1.29 is 5.11 Å². The van der Waals surface area contributed by atoms with Crippen LogP contribution in [0.15, 0.2) is 27.8 Å². The van der Waals surface area contributed by atoms with Gasteiger partial charge in [0, 0.05) is 22.5 Å². The van der Waals surface area contributed by atoms with Gasteiger partial charge < -0.3 is 5.11 Å². The molecule has 1 unspecified atom stereocenters. The van der Waals surface area contributed by atoms with Crippen LogP contribution in [0.2, 0.25) is 0 Å². The maximum atomic E-state index is 8.74. The van der Waals surface area contributed by atoms with Crippen LogP contribution in [-0.4, -0.2) is 21.9 Å². The van der Waals surface area contributed by atoms with E-state index >= 15 is 0 Å².